The van der Waals surface area contributed by atoms with E-state index in [0.717, 1.165) is 31.7 Å². The topological polar surface area (TPSA) is 75.9 Å². The highest BCUT2D eigenvalue weighted by molar-refractivity contribution is 5.90. The number of esters is 1. The minimum atomic E-state index is -0.823. The van der Waals surface area contributed by atoms with E-state index in [4.69, 9.17) is 4.74 Å². The zero-order valence-electron chi connectivity index (χ0n) is 20.4. The Balaban J connectivity index is 1.75. The Hall–Kier alpha value is -2.77. The fourth-order valence-electron chi connectivity index (χ4n) is 5.77. The first-order valence-electron chi connectivity index (χ1n) is 12.2. The van der Waals surface area contributed by atoms with Gasteiger partial charge in [-0.3, -0.25) is 10.1 Å². The summed E-state index contributed by atoms with van der Waals surface area (Å²) in [7, 11) is 2.15. The normalized spacial score (nSPS) is 28.4. The zero-order chi connectivity index (χ0) is 24.3. The van der Waals surface area contributed by atoms with E-state index in [2.05, 4.69) is 42.8 Å². The average Bonchev–Trinajstić information content (AvgIpc) is 2.83. The minimum absolute atomic E-state index is 0.0443. The average molecular weight is 466 g/mol. The van der Waals surface area contributed by atoms with Crippen LogP contribution in [0.4, 0.5) is 5.69 Å². The molecule has 34 heavy (non-hydrogen) atoms. The number of nitro groups is 1. The highest BCUT2D eigenvalue weighted by atomic mass is 16.6. The zero-order valence-corrected chi connectivity index (χ0v) is 20.4. The molecule has 0 N–H and O–H groups in total. The molecule has 7 heteroatoms. The number of hydrogen-bond donors (Lipinski definition) is 0. The molecule has 3 unspecified atom stereocenters. The molecule has 0 aliphatic carbocycles. The van der Waals surface area contributed by atoms with Gasteiger partial charge in [-0.2, -0.15) is 0 Å². The number of nitrogens with zero attached hydrogens (tertiary/aromatic N) is 3. The third kappa shape index (κ3) is 4.72. The number of likely N-dealkylation sites (tertiary alicyclic amines) is 2. The summed E-state index contributed by atoms with van der Waals surface area (Å²) >= 11 is 0. The van der Waals surface area contributed by atoms with Crippen LogP contribution >= 0.6 is 0 Å². The largest absolute Gasteiger partial charge is 0.450 e. The van der Waals surface area contributed by atoms with Crippen LogP contribution in [-0.4, -0.2) is 60.0 Å². The van der Waals surface area contributed by atoms with Crippen LogP contribution < -0.4 is 0 Å². The second-order valence-corrected chi connectivity index (χ2v) is 10.3. The second-order valence-electron chi connectivity index (χ2n) is 10.3. The molecule has 0 amide bonds. The van der Waals surface area contributed by atoms with E-state index in [0.29, 0.717) is 12.0 Å². The summed E-state index contributed by atoms with van der Waals surface area (Å²) < 4.78 is 6.57. The van der Waals surface area contributed by atoms with Gasteiger partial charge < -0.3 is 14.5 Å². The van der Waals surface area contributed by atoms with Crippen molar-refractivity contribution in [3.05, 3.63) is 75.8 Å². The molecule has 2 heterocycles. The van der Waals surface area contributed by atoms with Gasteiger partial charge in [0, 0.05) is 43.1 Å². The van der Waals surface area contributed by atoms with E-state index in [1.807, 2.05) is 18.2 Å². The van der Waals surface area contributed by atoms with Gasteiger partial charge in [-0.05, 0) is 57.6 Å². The molecule has 182 valence electrons. The maximum absolute atomic E-state index is 13.5. The summed E-state index contributed by atoms with van der Waals surface area (Å²) in [6.07, 6.45) is 4.34. The van der Waals surface area contributed by atoms with Crippen LogP contribution in [0.25, 0.3) is 0 Å². The van der Waals surface area contributed by atoms with Crippen molar-refractivity contribution >= 4 is 11.7 Å². The molecule has 0 bridgehead atoms. The number of piperidine rings is 2. The summed E-state index contributed by atoms with van der Waals surface area (Å²) in [6, 6.07) is 16.0. The summed E-state index contributed by atoms with van der Waals surface area (Å²) in [5.41, 5.74) is 0.120. The highest BCUT2D eigenvalue weighted by Crippen LogP contribution is 2.51. The van der Waals surface area contributed by atoms with Gasteiger partial charge in [0.05, 0.1) is 10.5 Å². The van der Waals surface area contributed by atoms with Gasteiger partial charge in [0.25, 0.3) is 5.69 Å². The number of hydrogen-bond acceptors (Lipinski definition) is 6. The summed E-state index contributed by atoms with van der Waals surface area (Å²) in [6.45, 7) is 8.20. The lowest BCUT2D eigenvalue weighted by Gasteiger charge is -2.57. The van der Waals surface area contributed by atoms with Crippen LogP contribution in [0.3, 0.4) is 0 Å². The third-order valence-corrected chi connectivity index (χ3v) is 7.75. The van der Waals surface area contributed by atoms with Crippen molar-refractivity contribution in [2.45, 2.75) is 51.2 Å². The van der Waals surface area contributed by atoms with Crippen molar-refractivity contribution in [2.75, 3.05) is 33.2 Å². The van der Waals surface area contributed by atoms with Gasteiger partial charge >= 0.3 is 5.97 Å². The molecule has 2 aromatic carbocycles. The first kappa shape index (κ1) is 24.4. The van der Waals surface area contributed by atoms with E-state index in [1.165, 1.54) is 43.5 Å². The van der Waals surface area contributed by atoms with Crippen LogP contribution in [0.15, 0.2) is 54.6 Å². The Kier molecular flexibility index (Phi) is 7.05. The van der Waals surface area contributed by atoms with E-state index in [-0.39, 0.29) is 17.1 Å². The molecule has 2 aliphatic heterocycles. The molecule has 0 spiro atoms. The molecule has 2 fully saturated rings. The Morgan fingerprint density at radius 2 is 1.74 bits per heavy atom. The maximum Gasteiger partial charge on any atom is 0.339 e. The number of rotatable bonds is 6. The molecule has 0 radical (unpaired) electrons. The molecular weight excluding hydrogens is 430 g/mol. The number of non-ortho nitro benzene ring substituents is 1. The molecule has 0 aromatic heterocycles. The molecule has 2 saturated heterocycles. The van der Waals surface area contributed by atoms with Gasteiger partial charge in [-0.25, -0.2) is 4.79 Å². The molecule has 2 aliphatic rings. The van der Waals surface area contributed by atoms with E-state index < -0.39 is 16.5 Å². The van der Waals surface area contributed by atoms with Crippen molar-refractivity contribution in [3.63, 3.8) is 0 Å². The predicted octanol–water partition coefficient (Wildman–Crippen LogP) is 4.86. The Morgan fingerprint density at radius 1 is 1.09 bits per heavy atom. The Labute approximate surface area is 201 Å². The lowest BCUT2D eigenvalue weighted by Crippen LogP contribution is -2.64. The fraction of sp³-hybridized carbons (Fsp3) is 0.519. The monoisotopic (exact) mass is 465 g/mol. The van der Waals surface area contributed by atoms with Crippen molar-refractivity contribution in [3.8, 4) is 0 Å². The third-order valence-electron chi connectivity index (χ3n) is 7.75. The van der Waals surface area contributed by atoms with E-state index in [1.54, 1.807) is 0 Å². The molecule has 4 rings (SSSR count). The van der Waals surface area contributed by atoms with E-state index >= 15 is 0 Å². The van der Waals surface area contributed by atoms with Crippen molar-refractivity contribution in [1.82, 2.24) is 9.80 Å². The lowest BCUT2D eigenvalue weighted by atomic mass is 9.63. The number of nitro benzene ring substituents is 1. The van der Waals surface area contributed by atoms with Crippen LogP contribution in [-0.2, 0) is 10.3 Å². The maximum atomic E-state index is 13.5. The van der Waals surface area contributed by atoms with Gasteiger partial charge in [-0.15, -0.1) is 0 Å². The summed E-state index contributed by atoms with van der Waals surface area (Å²) in [4.78, 5) is 29.0. The quantitative estimate of drug-likeness (QED) is 0.344. The van der Waals surface area contributed by atoms with Crippen LogP contribution in [0.1, 0.15) is 55.5 Å². The first-order valence-corrected chi connectivity index (χ1v) is 12.2. The standard InChI is InChI=1S/C27H35N3O4/c1-21-18-27(23-10-6-4-7-11-23,34-25(31)22-12-14-24(15-13-22)30(32)33)26(2,19-28(21)3)20-29-16-8-5-9-17-29/h4,6-7,10-15,21H,5,8-9,16-20H2,1-3H3. The fourth-order valence-corrected chi connectivity index (χ4v) is 5.77. The van der Waals surface area contributed by atoms with Crippen LogP contribution in [0.5, 0.6) is 0 Å². The molecule has 3 atom stereocenters. The minimum Gasteiger partial charge on any atom is -0.450 e. The molecule has 7 nitrogen and oxygen atoms in total. The van der Waals surface area contributed by atoms with Crippen LogP contribution in [0.2, 0.25) is 0 Å². The molecule has 0 saturated carbocycles. The smallest absolute Gasteiger partial charge is 0.339 e. The van der Waals surface area contributed by atoms with Gasteiger partial charge in [0.2, 0.25) is 0 Å². The van der Waals surface area contributed by atoms with Crippen molar-refractivity contribution < 1.29 is 14.5 Å². The predicted molar refractivity (Wildman–Crippen MR) is 132 cm³/mol. The summed E-state index contributed by atoms with van der Waals surface area (Å²) in [5.74, 6) is -0.444. The van der Waals surface area contributed by atoms with Crippen molar-refractivity contribution in [2.24, 2.45) is 5.41 Å². The van der Waals surface area contributed by atoms with Crippen LogP contribution in [0, 0.1) is 15.5 Å². The second kappa shape index (κ2) is 9.84. The van der Waals surface area contributed by atoms with Crippen molar-refractivity contribution in [1.29, 1.82) is 0 Å². The van der Waals surface area contributed by atoms with E-state index in [9.17, 15) is 14.9 Å². The highest BCUT2D eigenvalue weighted by Gasteiger charge is 2.57. The number of ether oxygens (including phenoxy) is 1. The Morgan fingerprint density at radius 3 is 2.35 bits per heavy atom. The summed E-state index contributed by atoms with van der Waals surface area (Å²) in [5, 5.41) is 11.1. The Bertz CT molecular complexity index is 1010. The lowest BCUT2D eigenvalue weighted by molar-refractivity contribution is -0.384. The molecular formula is C27H35N3O4. The SMILES string of the molecule is CC1CC(OC(=O)c2ccc([N+](=O)[O-])cc2)(c2ccccc2)C(C)(CN2CCCCC2)CN1C. The van der Waals surface area contributed by atoms with Gasteiger partial charge in [0.1, 0.15) is 5.60 Å². The number of benzene rings is 2. The molecule has 2 aromatic rings. The van der Waals surface area contributed by atoms with Gasteiger partial charge in [-0.1, -0.05) is 43.7 Å². The van der Waals surface area contributed by atoms with Gasteiger partial charge in [0.15, 0.2) is 0 Å². The number of carbonyl (C=O) groups excluding carboxylic acids is 1. The number of carbonyl (C=O) groups is 1. The first-order chi connectivity index (χ1) is 16.2.